The summed E-state index contributed by atoms with van der Waals surface area (Å²) in [4.78, 5) is 37.1. The van der Waals surface area contributed by atoms with Crippen LogP contribution in [0.25, 0.3) is 5.69 Å². The summed E-state index contributed by atoms with van der Waals surface area (Å²) in [6.45, 7) is 11.5. The molecule has 0 bridgehead atoms. The number of rotatable bonds is 12. The summed E-state index contributed by atoms with van der Waals surface area (Å²) < 4.78 is 1.99. The molecule has 0 saturated heterocycles. The van der Waals surface area contributed by atoms with Gasteiger partial charge < -0.3 is 16.4 Å². The van der Waals surface area contributed by atoms with Gasteiger partial charge in [-0.25, -0.2) is 4.68 Å². The molecule has 0 unspecified atom stereocenters. The summed E-state index contributed by atoms with van der Waals surface area (Å²) in [7, 11) is 0. The van der Waals surface area contributed by atoms with E-state index in [1.165, 1.54) is 23.3 Å². The molecule has 2 aromatic carbocycles. The summed E-state index contributed by atoms with van der Waals surface area (Å²) in [5.41, 5.74) is 12.7. The van der Waals surface area contributed by atoms with Gasteiger partial charge in [-0.15, -0.1) is 0 Å². The molecule has 0 saturated carbocycles. The Bertz CT molecular complexity index is 1440. The first-order chi connectivity index (χ1) is 19.9. The lowest BCUT2D eigenvalue weighted by atomic mass is 9.81. The van der Waals surface area contributed by atoms with Crippen LogP contribution >= 0.6 is 0 Å². The molecule has 0 radical (unpaired) electrons. The molecule has 1 aliphatic rings. The molecule has 3 amide bonds. The van der Waals surface area contributed by atoms with E-state index < -0.39 is 6.04 Å². The zero-order valence-corrected chi connectivity index (χ0v) is 25.2. The highest BCUT2D eigenvalue weighted by molar-refractivity contribution is 6.12. The fourth-order valence-corrected chi connectivity index (χ4v) is 5.15. The Morgan fingerprint density at radius 2 is 1.69 bits per heavy atom. The maximum absolute atomic E-state index is 12.6. The van der Waals surface area contributed by atoms with E-state index in [9.17, 15) is 14.4 Å². The van der Waals surface area contributed by atoms with E-state index in [1.807, 2.05) is 22.9 Å². The molecule has 4 N–H and O–H groups in total. The molecule has 0 fully saturated rings. The third-order valence-electron chi connectivity index (χ3n) is 7.50. The number of nitrogens with zero attached hydrogens (tertiary/aromatic N) is 3. The van der Waals surface area contributed by atoms with Crippen molar-refractivity contribution in [2.45, 2.75) is 59.5 Å². The zero-order valence-electron chi connectivity index (χ0n) is 25.2. The van der Waals surface area contributed by atoms with E-state index in [0.717, 1.165) is 27.4 Å². The number of amides is 3. The zero-order chi connectivity index (χ0) is 30.4. The number of carbonyl (C=O) groups is 3. The van der Waals surface area contributed by atoms with E-state index in [-0.39, 0.29) is 42.3 Å². The lowest BCUT2D eigenvalue weighted by molar-refractivity contribution is -0.137. The van der Waals surface area contributed by atoms with Crippen LogP contribution in [0, 0.1) is 19.3 Å². The maximum atomic E-state index is 12.6. The first-order valence-corrected chi connectivity index (χ1v) is 14.4. The van der Waals surface area contributed by atoms with Gasteiger partial charge in [0, 0.05) is 49.5 Å². The van der Waals surface area contributed by atoms with Crippen LogP contribution in [0.3, 0.4) is 0 Å². The monoisotopic (exact) mass is 570 g/mol. The molecule has 2 heterocycles. The highest BCUT2D eigenvalue weighted by Gasteiger charge is 2.31. The first-order valence-electron chi connectivity index (χ1n) is 14.4. The van der Waals surface area contributed by atoms with Crippen molar-refractivity contribution in [1.29, 1.82) is 0 Å². The second kappa shape index (κ2) is 13.3. The van der Waals surface area contributed by atoms with Crippen molar-refractivity contribution < 1.29 is 14.4 Å². The Hall–Kier alpha value is -4.08. The summed E-state index contributed by atoms with van der Waals surface area (Å²) in [5.74, 6) is -1.06. The number of hydrogen-bond donors (Lipinski definition) is 3. The number of aryl methyl sites for hydroxylation is 2. The minimum absolute atomic E-state index is 0.0509. The van der Waals surface area contributed by atoms with Crippen molar-refractivity contribution in [3.8, 4) is 5.69 Å². The fraction of sp³-hybridized carbons (Fsp3) is 0.394. The molecule has 42 heavy (non-hydrogen) atoms. The number of nitrogens with one attached hydrogen (secondary N) is 2. The lowest BCUT2D eigenvalue weighted by Crippen LogP contribution is -2.46. The van der Waals surface area contributed by atoms with Crippen LogP contribution < -0.4 is 16.4 Å². The van der Waals surface area contributed by atoms with Crippen molar-refractivity contribution in [2.24, 2.45) is 11.1 Å². The molecule has 2 atom stereocenters. The minimum atomic E-state index is -0.734. The van der Waals surface area contributed by atoms with Crippen LogP contribution in [0.1, 0.15) is 61.2 Å². The molecule has 9 nitrogen and oxygen atoms in total. The quantitative estimate of drug-likeness (QED) is 0.287. The van der Waals surface area contributed by atoms with Crippen molar-refractivity contribution >= 4 is 17.7 Å². The summed E-state index contributed by atoms with van der Waals surface area (Å²) in [6.07, 6.45) is 5.70. The molecule has 222 valence electrons. The first kappa shape index (κ1) is 30.9. The normalized spacial score (nSPS) is 14.9. The molecule has 0 spiro atoms. The Morgan fingerprint density at radius 1 is 1.00 bits per heavy atom. The Kier molecular flexibility index (Phi) is 9.75. The molecule has 4 rings (SSSR count). The highest BCUT2D eigenvalue weighted by Crippen LogP contribution is 2.36. The van der Waals surface area contributed by atoms with E-state index in [2.05, 4.69) is 81.8 Å². The van der Waals surface area contributed by atoms with Crippen LogP contribution in [0.15, 0.2) is 66.9 Å². The van der Waals surface area contributed by atoms with Gasteiger partial charge >= 0.3 is 0 Å². The number of carbonyl (C=O) groups excluding carboxylic acids is 3. The summed E-state index contributed by atoms with van der Waals surface area (Å²) >= 11 is 0. The van der Waals surface area contributed by atoms with Gasteiger partial charge in [0.15, 0.2) is 0 Å². The van der Waals surface area contributed by atoms with Crippen LogP contribution in [0.2, 0.25) is 0 Å². The Morgan fingerprint density at radius 3 is 2.36 bits per heavy atom. The average molecular weight is 571 g/mol. The predicted molar refractivity (Wildman–Crippen MR) is 164 cm³/mol. The van der Waals surface area contributed by atoms with Crippen LogP contribution in [0.5, 0.6) is 0 Å². The van der Waals surface area contributed by atoms with Gasteiger partial charge in [-0.05, 0) is 55.0 Å². The molecular formula is C33H42N6O3. The van der Waals surface area contributed by atoms with Crippen LogP contribution in [-0.4, -0.2) is 58.1 Å². The Balaban J connectivity index is 1.47. The largest absolute Gasteiger partial charge is 0.353 e. The molecule has 3 aromatic rings. The predicted octanol–water partition coefficient (Wildman–Crippen LogP) is 3.52. The summed E-state index contributed by atoms with van der Waals surface area (Å²) in [6, 6.07) is 15.9. The minimum Gasteiger partial charge on any atom is -0.353 e. The Labute approximate surface area is 248 Å². The number of nitrogens with two attached hydrogens (primary N) is 1. The van der Waals surface area contributed by atoms with E-state index in [4.69, 9.17) is 10.8 Å². The van der Waals surface area contributed by atoms with Gasteiger partial charge in [0.2, 0.25) is 5.91 Å². The smallest absolute Gasteiger partial charge is 0.253 e. The van der Waals surface area contributed by atoms with Crippen LogP contribution in [0.4, 0.5) is 0 Å². The number of imide groups is 1. The summed E-state index contributed by atoms with van der Waals surface area (Å²) in [5, 5.41) is 11.5. The molecular weight excluding hydrogens is 528 g/mol. The van der Waals surface area contributed by atoms with Gasteiger partial charge in [0.1, 0.15) is 0 Å². The molecule has 0 aliphatic carbocycles. The lowest BCUT2D eigenvalue weighted by Gasteiger charge is -2.32. The fourth-order valence-electron chi connectivity index (χ4n) is 5.15. The van der Waals surface area contributed by atoms with Crippen molar-refractivity contribution in [3.63, 3.8) is 0 Å². The van der Waals surface area contributed by atoms with Crippen LogP contribution in [-0.2, 0) is 20.8 Å². The van der Waals surface area contributed by atoms with Crippen molar-refractivity contribution in [3.05, 3.63) is 94.8 Å². The van der Waals surface area contributed by atoms with Gasteiger partial charge in [-0.3, -0.25) is 19.3 Å². The van der Waals surface area contributed by atoms with Gasteiger partial charge in [0.25, 0.3) is 11.8 Å². The van der Waals surface area contributed by atoms with E-state index >= 15 is 0 Å². The van der Waals surface area contributed by atoms with E-state index in [1.54, 1.807) is 0 Å². The number of hydrogen-bond acceptors (Lipinski definition) is 6. The van der Waals surface area contributed by atoms with Gasteiger partial charge in [-0.1, -0.05) is 63.2 Å². The van der Waals surface area contributed by atoms with E-state index in [0.29, 0.717) is 19.4 Å². The second-order valence-corrected chi connectivity index (χ2v) is 12.0. The average Bonchev–Trinajstić information content (AvgIpc) is 3.49. The molecule has 1 aliphatic heterocycles. The second-order valence-electron chi connectivity index (χ2n) is 12.0. The van der Waals surface area contributed by atoms with Crippen molar-refractivity contribution in [1.82, 2.24) is 25.3 Å². The van der Waals surface area contributed by atoms with Gasteiger partial charge in [-0.2, -0.15) is 5.10 Å². The topological polar surface area (TPSA) is 122 Å². The standard InChI is InChI=1S/C33H42N6O3/c1-22-11-12-23(2)28(19-22)39-21-25(27(37-39)20-24-9-7-6-8-10-24)31(33(3,4)5)35-16-15-26(34)32(42)36-17-18-38-29(40)13-14-30(38)41/h6-14,19,21,26,31,35H,15-18,20,34H2,1-5H3,(H,36,42)/t26-,31-/m0/s1. The third kappa shape index (κ3) is 7.60. The number of benzene rings is 2. The molecule has 1 aromatic heterocycles. The third-order valence-corrected chi connectivity index (χ3v) is 7.50. The number of aromatic nitrogens is 2. The van der Waals surface area contributed by atoms with Crippen molar-refractivity contribution in [2.75, 3.05) is 19.6 Å². The SMILES string of the molecule is Cc1ccc(C)c(-n2cc([C@H](NCC[C@H](N)C(=O)NCCN3C(=O)C=CC3=O)C(C)(C)C)c(Cc3ccccc3)n2)c1. The highest BCUT2D eigenvalue weighted by atomic mass is 16.2. The molecule has 9 heteroatoms. The van der Waals surface area contributed by atoms with Gasteiger partial charge in [0.05, 0.1) is 17.4 Å². The maximum Gasteiger partial charge on any atom is 0.253 e.